The minimum Gasteiger partial charge on any atom is -0.0654 e. The Labute approximate surface area is 96.8 Å². The first-order chi connectivity index (χ1) is 7.14. The van der Waals surface area contributed by atoms with Crippen LogP contribution < -0.4 is 0 Å². The van der Waals surface area contributed by atoms with Gasteiger partial charge < -0.3 is 0 Å². The molecule has 0 amide bonds. The molecule has 0 spiro atoms. The van der Waals surface area contributed by atoms with Crippen LogP contribution in [0.15, 0.2) is 0 Å². The largest absolute Gasteiger partial charge is 0.0654 e. The lowest BCUT2D eigenvalue weighted by Crippen LogP contribution is -2.04. The fourth-order valence-corrected chi connectivity index (χ4v) is 3.35. The third-order valence-electron chi connectivity index (χ3n) is 4.19. The van der Waals surface area contributed by atoms with Crippen LogP contribution in [-0.2, 0) is 0 Å². The Hall–Kier alpha value is 0. The fraction of sp³-hybridized carbons (Fsp3) is 1.00. The lowest BCUT2D eigenvalue weighted by Gasteiger charge is -2.15. The van der Waals surface area contributed by atoms with Crippen molar-refractivity contribution in [2.45, 2.75) is 79.1 Å². The van der Waals surface area contributed by atoms with Crippen LogP contribution in [-0.4, -0.2) is 0 Å². The van der Waals surface area contributed by atoms with E-state index in [0.717, 1.165) is 17.3 Å². The number of hydrogen-bond donors (Lipinski definition) is 0. The van der Waals surface area contributed by atoms with Gasteiger partial charge in [-0.1, -0.05) is 53.4 Å². The van der Waals surface area contributed by atoms with Crippen LogP contribution in [0, 0.1) is 17.3 Å². The molecular formula is C15H30. The summed E-state index contributed by atoms with van der Waals surface area (Å²) in [5.74, 6) is 1.99. The van der Waals surface area contributed by atoms with Crippen LogP contribution in [0.25, 0.3) is 0 Å². The molecule has 1 aliphatic rings. The maximum Gasteiger partial charge on any atom is -0.0266 e. The third-order valence-corrected chi connectivity index (χ3v) is 4.19. The van der Waals surface area contributed by atoms with E-state index in [1.165, 1.54) is 44.9 Å². The van der Waals surface area contributed by atoms with Crippen molar-refractivity contribution >= 4 is 0 Å². The molecule has 0 heteroatoms. The summed E-state index contributed by atoms with van der Waals surface area (Å²) in [6.07, 6.45) is 11.7. The minimum atomic E-state index is 0.806. The number of hydrogen-bond acceptors (Lipinski definition) is 0. The molecule has 0 saturated heterocycles. The zero-order chi connectivity index (χ0) is 11.3. The average molecular weight is 210 g/mol. The zero-order valence-electron chi connectivity index (χ0n) is 11.3. The Morgan fingerprint density at radius 1 is 1.13 bits per heavy atom. The highest BCUT2D eigenvalue weighted by molar-refractivity contribution is 5.01. The predicted molar refractivity (Wildman–Crippen MR) is 69.0 cm³/mol. The Morgan fingerprint density at radius 3 is 2.20 bits per heavy atom. The summed E-state index contributed by atoms with van der Waals surface area (Å²) >= 11 is 0. The van der Waals surface area contributed by atoms with Gasteiger partial charge in [-0.05, 0) is 42.9 Å². The molecule has 0 nitrogen and oxygen atoms in total. The van der Waals surface area contributed by atoms with E-state index in [4.69, 9.17) is 0 Å². The van der Waals surface area contributed by atoms with E-state index < -0.39 is 0 Å². The predicted octanol–water partition coefficient (Wildman–Crippen LogP) is 5.42. The summed E-state index contributed by atoms with van der Waals surface area (Å²) in [6, 6.07) is 0. The highest BCUT2D eigenvalue weighted by atomic mass is 14.6. The van der Waals surface area contributed by atoms with E-state index in [2.05, 4.69) is 27.7 Å². The second kappa shape index (κ2) is 5.92. The highest BCUT2D eigenvalue weighted by Gasteiger charge is 2.50. The second-order valence-electron chi connectivity index (χ2n) is 6.09. The fourth-order valence-electron chi connectivity index (χ4n) is 3.35. The molecule has 1 aliphatic carbocycles. The molecule has 0 heterocycles. The standard InChI is InChI=1S/C15H30/c1-5-10-15(11-6-2)12-14(15)9-7-8-13(3)4/h13-14H,5-12H2,1-4H3. The van der Waals surface area contributed by atoms with Crippen molar-refractivity contribution < 1.29 is 0 Å². The molecule has 1 saturated carbocycles. The van der Waals surface area contributed by atoms with E-state index in [9.17, 15) is 0 Å². The van der Waals surface area contributed by atoms with Crippen LogP contribution in [0.4, 0.5) is 0 Å². The minimum absolute atomic E-state index is 0.806. The lowest BCUT2D eigenvalue weighted by molar-refractivity contribution is 0.359. The van der Waals surface area contributed by atoms with Gasteiger partial charge in [-0.25, -0.2) is 0 Å². The SMILES string of the molecule is CCCC1(CCC)CC1CCCC(C)C. The summed E-state index contributed by atoms with van der Waals surface area (Å²) in [5.41, 5.74) is 0.806. The maximum atomic E-state index is 2.35. The van der Waals surface area contributed by atoms with Crippen molar-refractivity contribution in [1.82, 2.24) is 0 Å². The van der Waals surface area contributed by atoms with Crippen molar-refractivity contribution in [2.75, 3.05) is 0 Å². The van der Waals surface area contributed by atoms with Crippen LogP contribution in [0.1, 0.15) is 79.1 Å². The van der Waals surface area contributed by atoms with Gasteiger partial charge in [0.05, 0.1) is 0 Å². The van der Waals surface area contributed by atoms with Gasteiger partial charge in [0.1, 0.15) is 0 Å². The molecule has 0 radical (unpaired) electrons. The molecule has 0 bridgehead atoms. The molecule has 1 atom stereocenters. The molecule has 1 fully saturated rings. The Bertz CT molecular complexity index is 163. The Morgan fingerprint density at radius 2 is 1.73 bits per heavy atom. The highest BCUT2D eigenvalue weighted by Crippen LogP contribution is 2.61. The first kappa shape index (κ1) is 13.1. The van der Waals surface area contributed by atoms with Crippen molar-refractivity contribution in [3.63, 3.8) is 0 Å². The topological polar surface area (TPSA) is 0 Å². The van der Waals surface area contributed by atoms with Crippen LogP contribution in [0.5, 0.6) is 0 Å². The van der Waals surface area contributed by atoms with Crippen molar-refractivity contribution in [3.05, 3.63) is 0 Å². The van der Waals surface area contributed by atoms with E-state index >= 15 is 0 Å². The Kier molecular flexibility index (Phi) is 5.15. The molecule has 0 aromatic heterocycles. The normalized spacial score (nSPS) is 23.4. The average Bonchev–Trinajstić information content (AvgIpc) is 2.79. The van der Waals surface area contributed by atoms with Crippen molar-refractivity contribution in [3.8, 4) is 0 Å². The maximum absolute atomic E-state index is 2.35. The van der Waals surface area contributed by atoms with Gasteiger partial charge in [0.15, 0.2) is 0 Å². The molecule has 15 heavy (non-hydrogen) atoms. The van der Waals surface area contributed by atoms with Crippen LogP contribution in [0.2, 0.25) is 0 Å². The van der Waals surface area contributed by atoms with Gasteiger partial charge in [0, 0.05) is 0 Å². The Balaban J connectivity index is 2.21. The molecule has 1 unspecified atom stereocenters. The summed E-state index contributed by atoms with van der Waals surface area (Å²) in [7, 11) is 0. The van der Waals surface area contributed by atoms with Gasteiger partial charge in [-0.3, -0.25) is 0 Å². The smallest absolute Gasteiger partial charge is 0.0266 e. The van der Waals surface area contributed by atoms with Gasteiger partial charge in [0.25, 0.3) is 0 Å². The van der Waals surface area contributed by atoms with Crippen molar-refractivity contribution in [2.24, 2.45) is 17.3 Å². The summed E-state index contributed by atoms with van der Waals surface area (Å²) in [6.45, 7) is 9.39. The molecule has 0 aromatic rings. The van der Waals surface area contributed by atoms with E-state index in [0.29, 0.717) is 0 Å². The molecule has 90 valence electrons. The van der Waals surface area contributed by atoms with E-state index in [-0.39, 0.29) is 0 Å². The third kappa shape index (κ3) is 3.81. The summed E-state index contributed by atoms with van der Waals surface area (Å²) in [4.78, 5) is 0. The molecule has 1 rings (SSSR count). The molecule has 0 aliphatic heterocycles. The summed E-state index contributed by atoms with van der Waals surface area (Å²) < 4.78 is 0. The lowest BCUT2D eigenvalue weighted by atomic mass is 9.90. The summed E-state index contributed by atoms with van der Waals surface area (Å²) in [5, 5.41) is 0. The second-order valence-corrected chi connectivity index (χ2v) is 6.09. The first-order valence-corrected chi connectivity index (χ1v) is 7.14. The zero-order valence-corrected chi connectivity index (χ0v) is 11.3. The first-order valence-electron chi connectivity index (χ1n) is 7.14. The van der Waals surface area contributed by atoms with Gasteiger partial charge in [0.2, 0.25) is 0 Å². The van der Waals surface area contributed by atoms with E-state index in [1.807, 2.05) is 0 Å². The van der Waals surface area contributed by atoms with Crippen molar-refractivity contribution in [1.29, 1.82) is 0 Å². The van der Waals surface area contributed by atoms with Gasteiger partial charge in [-0.2, -0.15) is 0 Å². The van der Waals surface area contributed by atoms with Crippen LogP contribution >= 0.6 is 0 Å². The van der Waals surface area contributed by atoms with Crippen LogP contribution in [0.3, 0.4) is 0 Å². The molecular weight excluding hydrogens is 180 g/mol. The quantitative estimate of drug-likeness (QED) is 0.502. The monoisotopic (exact) mass is 210 g/mol. The van der Waals surface area contributed by atoms with Gasteiger partial charge in [-0.15, -0.1) is 0 Å². The van der Waals surface area contributed by atoms with E-state index in [1.54, 1.807) is 6.42 Å². The number of rotatable bonds is 8. The molecule has 0 aromatic carbocycles. The van der Waals surface area contributed by atoms with Gasteiger partial charge >= 0.3 is 0 Å². The molecule has 0 N–H and O–H groups in total.